The van der Waals surface area contributed by atoms with Crippen molar-refractivity contribution in [1.82, 2.24) is 4.90 Å². The molecule has 1 aliphatic heterocycles. The summed E-state index contributed by atoms with van der Waals surface area (Å²) in [5, 5.41) is 13.4. The first-order valence-corrected chi connectivity index (χ1v) is 8.23. The summed E-state index contributed by atoms with van der Waals surface area (Å²) >= 11 is 0. The van der Waals surface area contributed by atoms with Gasteiger partial charge >= 0.3 is 0 Å². The quantitative estimate of drug-likeness (QED) is 0.841. The number of aliphatic hydroxyl groups excluding tert-OH is 1. The molecule has 1 saturated heterocycles. The summed E-state index contributed by atoms with van der Waals surface area (Å²) in [7, 11) is 0. The molecule has 2 N–H and O–H groups in total. The number of β-amino-alcohol motifs (C(OH)–C–C–N with tert-alkyl or cyclic N) is 1. The number of piperidine rings is 1. The molecule has 2 heterocycles. The van der Waals surface area contributed by atoms with Crippen molar-refractivity contribution in [2.75, 3.05) is 18.4 Å². The summed E-state index contributed by atoms with van der Waals surface area (Å²) in [4.78, 5) is 26.4. The number of benzene rings is 1. The van der Waals surface area contributed by atoms with Gasteiger partial charge in [-0.25, -0.2) is 0 Å². The zero-order chi connectivity index (χ0) is 17.3. The van der Waals surface area contributed by atoms with Crippen LogP contribution in [0.4, 0.5) is 5.69 Å². The van der Waals surface area contributed by atoms with Gasteiger partial charge < -0.3 is 14.8 Å². The summed E-state index contributed by atoms with van der Waals surface area (Å²) in [6.45, 7) is 4.48. The summed E-state index contributed by atoms with van der Waals surface area (Å²) in [5.74, 6) is -0.281. The fourth-order valence-corrected chi connectivity index (χ4v) is 3.15. The van der Waals surface area contributed by atoms with Crippen LogP contribution in [0.25, 0.3) is 11.0 Å². The van der Waals surface area contributed by atoms with E-state index in [0.29, 0.717) is 23.2 Å². The average Bonchev–Trinajstić information content (AvgIpc) is 2.93. The fourth-order valence-electron chi connectivity index (χ4n) is 3.15. The normalized spacial score (nSPS) is 20.0. The Morgan fingerprint density at radius 1 is 1.38 bits per heavy atom. The van der Waals surface area contributed by atoms with Crippen molar-refractivity contribution in [3.63, 3.8) is 0 Å². The minimum Gasteiger partial charge on any atom is -0.451 e. The molecule has 0 saturated carbocycles. The number of para-hydroxylation sites is 1. The number of aliphatic hydroxyl groups is 1. The van der Waals surface area contributed by atoms with Crippen molar-refractivity contribution in [2.24, 2.45) is 0 Å². The summed E-state index contributed by atoms with van der Waals surface area (Å²) < 4.78 is 5.59. The maximum absolute atomic E-state index is 12.6. The number of hydrogen-bond acceptors (Lipinski definition) is 5. The van der Waals surface area contributed by atoms with Crippen LogP contribution >= 0.6 is 0 Å². The van der Waals surface area contributed by atoms with Crippen molar-refractivity contribution in [3.8, 4) is 0 Å². The van der Waals surface area contributed by atoms with Gasteiger partial charge in [0, 0.05) is 18.9 Å². The van der Waals surface area contributed by atoms with Crippen LogP contribution in [0.2, 0.25) is 0 Å². The van der Waals surface area contributed by atoms with Crippen LogP contribution in [0.15, 0.2) is 28.7 Å². The third-order valence-corrected chi connectivity index (χ3v) is 4.52. The molecule has 6 heteroatoms. The molecule has 2 atom stereocenters. The van der Waals surface area contributed by atoms with Crippen LogP contribution in [-0.4, -0.2) is 46.9 Å². The minimum atomic E-state index is -0.395. The highest BCUT2D eigenvalue weighted by molar-refractivity contribution is 6.11. The second-order valence-electron chi connectivity index (χ2n) is 6.31. The second-order valence-corrected chi connectivity index (χ2v) is 6.31. The molecular formula is C18H22N2O4. The first kappa shape index (κ1) is 16.7. The van der Waals surface area contributed by atoms with Crippen molar-refractivity contribution in [3.05, 3.63) is 30.0 Å². The van der Waals surface area contributed by atoms with Crippen molar-refractivity contribution in [1.29, 1.82) is 0 Å². The lowest BCUT2D eigenvalue weighted by Crippen LogP contribution is -2.48. The van der Waals surface area contributed by atoms with Gasteiger partial charge in [-0.3, -0.25) is 14.5 Å². The SMILES string of the molecule is CC(=O)c1oc2ccccc2c1NC(=O)C(C)N1CCCC(O)C1. The maximum atomic E-state index is 12.6. The van der Waals surface area contributed by atoms with E-state index in [2.05, 4.69) is 5.32 Å². The molecule has 0 radical (unpaired) electrons. The van der Waals surface area contributed by atoms with Gasteiger partial charge in [-0.15, -0.1) is 0 Å². The zero-order valence-electron chi connectivity index (χ0n) is 13.9. The topological polar surface area (TPSA) is 82.8 Å². The highest BCUT2D eigenvalue weighted by Crippen LogP contribution is 2.31. The van der Waals surface area contributed by atoms with Gasteiger partial charge in [-0.1, -0.05) is 12.1 Å². The number of likely N-dealkylation sites (tertiary alicyclic amines) is 1. The predicted molar refractivity (Wildman–Crippen MR) is 91.1 cm³/mol. The van der Waals surface area contributed by atoms with Gasteiger partial charge in [0.25, 0.3) is 0 Å². The van der Waals surface area contributed by atoms with E-state index in [0.717, 1.165) is 19.4 Å². The molecule has 3 rings (SSSR count). The number of carbonyl (C=O) groups excluding carboxylic acids is 2. The molecule has 1 aromatic carbocycles. The van der Waals surface area contributed by atoms with E-state index in [1.54, 1.807) is 6.07 Å². The van der Waals surface area contributed by atoms with Gasteiger partial charge in [0.2, 0.25) is 5.91 Å². The maximum Gasteiger partial charge on any atom is 0.241 e. The number of anilines is 1. The summed E-state index contributed by atoms with van der Waals surface area (Å²) in [6.07, 6.45) is 1.24. The summed E-state index contributed by atoms with van der Waals surface area (Å²) in [5.41, 5.74) is 0.992. The molecule has 24 heavy (non-hydrogen) atoms. The van der Waals surface area contributed by atoms with E-state index in [4.69, 9.17) is 4.42 Å². The molecule has 6 nitrogen and oxygen atoms in total. The third-order valence-electron chi connectivity index (χ3n) is 4.52. The number of hydrogen-bond donors (Lipinski definition) is 2. The van der Waals surface area contributed by atoms with Crippen LogP contribution in [-0.2, 0) is 4.79 Å². The van der Waals surface area contributed by atoms with Gasteiger partial charge in [0.15, 0.2) is 11.5 Å². The number of amides is 1. The largest absolute Gasteiger partial charge is 0.451 e. The lowest BCUT2D eigenvalue weighted by atomic mass is 10.1. The molecular weight excluding hydrogens is 308 g/mol. The van der Waals surface area contributed by atoms with Gasteiger partial charge in [0.05, 0.1) is 17.8 Å². The van der Waals surface area contributed by atoms with E-state index in [-0.39, 0.29) is 17.5 Å². The number of fused-ring (bicyclic) bond motifs is 1. The van der Waals surface area contributed by atoms with E-state index >= 15 is 0 Å². The number of rotatable bonds is 4. The van der Waals surface area contributed by atoms with Crippen LogP contribution in [0.3, 0.4) is 0 Å². The van der Waals surface area contributed by atoms with Gasteiger partial charge in [-0.2, -0.15) is 0 Å². The number of ketones is 1. The average molecular weight is 330 g/mol. The highest BCUT2D eigenvalue weighted by atomic mass is 16.3. The van der Waals surface area contributed by atoms with Gasteiger partial charge in [0.1, 0.15) is 5.58 Å². The predicted octanol–water partition coefficient (Wildman–Crippen LogP) is 2.42. The molecule has 1 fully saturated rings. The highest BCUT2D eigenvalue weighted by Gasteiger charge is 2.28. The minimum absolute atomic E-state index is 0.162. The molecule has 1 aliphatic rings. The Morgan fingerprint density at radius 2 is 2.12 bits per heavy atom. The molecule has 1 aromatic heterocycles. The number of Topliss-reactive ketones (excluding diaryl/α,β-unsaturated/α-hetero) is 1. The zero-order valence-corrected chi connectivity index (χ0v) is 13.9. The first-order valence-electron chi connectivity index (χ1n) is 8.23. The Hall–Kier alpha value is -2.18. The van der Waals surface area contributed by atoms with E-state index < -0.39 is 12.1 Å². The smallest absolute Gasteiger partial charge is 0.241 e. The Labute approximate surface area is 140 Å². The lowest BCUT2D eigenvalue weighted by molar-refractivity contribution is -0.121. The summed E-state index contributed by atoms with van der Waals surface area (Å²) in [6, 6.07) is 6.84. The van der Waals surface area contributed by atoms with Crippen molar-refractivity contribution < 1.29 is 19.1 Å². The number of furan rings is 1. The molecule has 0 bridgehead atoms. The molecule has 128 valence electrons. The van der Waals surface area contributed by atoms with Gasteiger partial charge in [-0.05, 0) is 38.4 Å². The standard InChI is InChI=1S/C18H22N2O4/c1-11(20-9-5-6-13(22)10-20)18(23)19-16-14-7-3-4-8-15(14)24-17(16)12(2)21/h3-4,7-8,11,13,22H,5-6,9-10H2,1-2H3,(H,19,23). The lowest BCUT2D eigenvalue weighted by Gasteiger charge is -2.33. The molecule has 1 amide bonds. The van der Waals surface area contributed by atoms with Crippen molar-refractivity contribution >= 4 is 28.3 Å². The van der Waals surface area contributed by atoms with E-state index in [9.17, 15) is 14.7 Å². The Morgan fingerprint density at radius 3 is 2.83 bits per heavy atom. The first-order chi connectivity index (χ1) is 11.5. The second kappa shape index (κ2) is 6.75. The Kier molecular flexibility index (Phi) is 4.69. The molecule has 0 aliphatic carbocycles. The van der Waals surface area contributed by atoms with Crippen LogP contribution in [0, 0.1) is 0 Å². The number of nitrogens with one attached hydrogen (secondary N) is 1. The molecule has 0 spiro atoms. The van der Waals surface area contributed by atoms with E-state index in [1.807, 2.05) is 30.0 Å². The van der Waals surface area contributed by atoms with Crippen LogP contribution in [0.5, 0.6) is 0 Å². The number of nitrogens with zero attached hydrogens (tertiary/aromatic N) is 1. The van der Waals surface area contributed by atoms with Crippen LogP contribution < -0.4 is 5.32 Å². The Bertz CT molecular complexity index is 767. The Balaban J connectivity index is 1.84. The monoisotopic (exact) mass is 330 g/mol. The molecule has 2 aromatic rings. The van der Waals surface area contributed by atoms with Crippen LogP contribution in [0.1, 0.15) is 37.2 Å². The van der Waals surface area contributed by atoms with Crippen molar-refractivity contribution in [2.45, 2.75) is 38.8 Å². The molecule has 2 unspecified atom stereocenters. The number of carbonyl (C=O) groups is 2. The fraction of sp³-hybridized carbons (Fsp3) is 0.444. The third kappa shape index (κ3) is 3.20. The van der Waals surface area contributed by atoms with E-state index in [1.165, 1.54) is 6.92 Å².